The first-order chi connectivity index (χ1) is 8.01. The van der Waals surface area contributed by atoms with E-state index in [1.165, 1.54) is 7.11 Å². The SMILES string of the molecule is COC(=O)/C(C(=O)O)=C1/CCC(C(=O)OC)N1. The maximum absolute atomic E-state index is 11.3. The molecule has 0 spiro atoms. The van der Waals surface area contributed by atoms with E-state index in [9.17, 15) is 14.4 Å². The smallest absolute Gasteiger partial charge is 0.347 e. The maximum atomic E-state index is 11.3. The molecule has 1 unspecified atom stereocenters. The standard InChI is InChI=1S/C10H13NO6/c1-16-9(14)6-4-3-5(11-6)7(8(12)13)10(15)17-2/h6,11H,3-4H2,1-2H3,(H,12,13)/b7-5-. The molecule has 1 atom stereocenters. The van der Waals surface area contributed by atoms with E-state index in [1.807, 2.05) is 0 Å². The van der Waals surface area contributed by atoms with Gasteiger partial charge in [-0.05, 0) is 12.8 Å². The van der Waals surface area contributed by atoms with Crippen molar-refractivity contribution in [3.8, 4) is 0 Å². The minimum absolute atomic E-state index is 0.194. The van der Waals surface area contributed by atoms with Crippen LogP contribution in [0.4, 0.5) is 0 Å². The number of nitrogens with one attached hydrogen (secondary N) is 1. The number of ether oxygens (including phenoxy) is 2. The summed E-state index contributed by atoms with van der Waals surface area (Å²) in [6.45, 7) is 0. The minimum Gasteiger partial charge on any atom is -0.477 e. The highest BCUT2D eigenvalue weighted by molar-refractivity contribution is 6.14. The highest BCUT2D eigenvalue weighted by Gasteiger charge is 2.32. The van der Waals surface area contributed by atoms with E-state index in [0.717, 1.165) is 7.11 Å². The summed E-state index contributed by atoms with van der Waals surface area (Å²) in [5.74, 6) is -2.81. The molecule has 2 N–H and O–H groups in total. The summed E-state index contributed by atoms with van der Waals surface area (Å²) in [6.07, 6.45) is 0.673. The molecular weight excluding hydrogens is 230 g/mol. The minimum atomic E-state index is -1.38. The number of carbonyl (C=O) groups excluding carboxylic acids is 2. The zero-order valence-corrected chi connectivity index (χ0v) is 9.48. The molecule has 0 radical (unpaired) electrons. The van der Waals surface area contributed by atoms with Crippen LogP contribution in [0.3, 0.4) is 0 Å². The molecule has 1 aliphatic heterocycles. The van der Waals surface area contributed by atoms with Gasteiger partial charge in [0.25, 0.3) is 0 Å². The molecule has 0 aliphatic carbocycles. The van der Waals surface area contributed by atoms with Crippen molar-refractivity contribution >= 4 is 17.9 Å². The molecule has 0 aromatic rings. The number of hydrogen-bond acceptors (Lipinski definition) is 6. The van der Waals surface area contributed by atoms with Crippen LogP contribution in [0.2, 0.25) is 0 Å². The summed E-state index contributed by atoms with van der Waals surface area (Å²) in [7, 11) is 2.34. The van der Waals surface area contributed by atoms with Crippen molar-refractivity contribution < 1.29 is 29.0 Å². The van der Waals surface area contributed by atoms with Crippen molar-refractivity contribution in [3.05, 3.63) is 11.3 Å². The second-order valence-electron chi connectivity index (χ2n) is 3.41. The largest absolute Gasteiger partial charge is 0.477 e. The Hall–Kier alpha value is -2.05. The molecule has 1 saturated heterocycles. The first kappa shape index (κ1) is 13.0. The zero-order chi connectivity index (χ0) is 13.0. The molecule has 0 amide bonds. The lowest BCUT2D eigenvalue weighted by molar-refractivity contribution is -0.144. The van der Waals surface area contributed by atoms with Crippen LogP contribution >= 0.6 is 0 Å². The predicted molar refractivity (Wildman–Crippen MR) is 54.9 cm³/mol. The molecule has 94 valence electrons. The van der Waals surface area contributed by atoms with Crippen LogP contribution in [0.15, 0.2) is 11.3 Å². The van der Waals surface area contributed by atoms with Gasteiger partial charge in [0, 0.05) is 5.70 Å². The highest BCUT2D eigenvalue weighted by atomic mass is 16.5. The number of aliphatic carboxylic acids is 1. The predicted octanol–water partition coefficient (Wildman–Crippen LogP) is -0.577. The van der Waals surface area contributed by atoms with E-state index in [4.69, 9.17) is 5.11 Å². The van der Waals surface area contributed by atoms with E-state index in [0.29, 0.717) is 6.42 Å². The van der Waals surface area contributed by atoms with Crippen molar-refractivity contribution in [1.29, 1.82) is 0 Å². The second kappa shape index (κ2) is 5.33. The Labute approximate surface area is 97.4 Å². The van der Waals surface area contributed by atoms with Crippen LogP contribution in [0.25, 0.3) is 0 Å². The lowest BCUT2D eigenvalue weighted by Crippen LogP contribution is -2.32. The summed E-state index contributed by atoms with van der Waals surface area (Å²) in [6, 6.07) is -0.617. The van der Waals surface area contributed by atoms with E-state index in [-0.39, 0.29) is 12.1 Å². The maximum Gasteiger partial charge on any atom is 0.347 e. The molecule has 1 fully saturated rings. The van der Waals surface area contributed by atoms with E-state index < -0.39 is 29.5 Å². The van der Waals surface area contributed by atoms with Gasteiger partial charge in [0.05, 0.1) is 14.2 Å². The zero-order valence-electron chi connectivity index (χ0n) is 9.48. The van der Waals surface area contributed by atoms with Gasteiger partial charge in [-0.1, -0.05) is 0 Å². The number of allylic oxidation sites excluding steroid dienone is 1. The third kappa shape index (κ3) is 2.74. The summed E-state index contributed by atoms with van der Waals surface area (Å²) < 4.78 is 8.90. The third-order valence-corrected chi connectivity index (χ3v) is 2.42. The van der Waals surface area contributed by atoms with Crippen LogP contribution in [-0.2, 0) is 23.9 Å². The Bertz CT molecular complexity index is 386. The van der Waals surface area contributed by atoms with Gasteiger partial charge < -0.3 is 19.9 Å². The molecule has 7 nitrogen and oxygen atoms in total. The molecule has 0 aromatic heterocycles. The fourth-order valence-electron chi connectivity index (χ4n) is 1.60. The van der Waals surface area contributed by atoms with Crippen molar-refractivity contribution in [2.45, 2.75) is 18.9 Å². The fourth-order valence-corrected chi connectivity index (χ4v) is 1.60. The number of carbonyl (C=O) groups is 3. The van der Waals surface area contributed by atoms with Crippen LogP contribution in [0.5, 0.6) is 0 Å². The molecule has 7 heteroatoms. The number of carboxylic acids is 1. The Morgan fingerprint density at radius 1 is 1.29 bits per heavy atom. The van der Waals surface area contributed by atoms with E-state index in [1.54, 1.807) is 0 Å². The monoisotopic (exact) mass is 243 g/mol. The van der Waals surface area contributed by atoms with Gasteiger partial charge in [-0.25, -0.2) is 14.4 Å². The molecular formula is C10H13NO6. The topological polar surface area (TPSA) is 102 Å². The van der Waals surface area contributed by atoms with Crippen molar-refractivity contribution in [2.24, 2.45) is 0 Å². The third-order valence-electron chi connectivity index (χ3n) is 2.42. The lowest BCUT2D eigenvalue weighted by Gasteiger charge is -2.09. The van der Waals surface area contributed by atoms with Crippen LogP contribution < -0.4 is 5.32 Å². The van der Waals surface area contributed by atoms with Crippen molar-refractivity contribution in [3.63, 3.8) is 0 Å². The summed E-state index contributed by atoms with van der Waals surface area (Å²) in [4.78, 5) is 33.4. The first-order valence-electron chi connectivity index (χ1n) is 4.90. The number of methoxy groups -OCH3 is 2. The van der Waals surface area contributed by atoms with Gasteiger partial charge >= 0.3 is 17.9 Å². The number of hydrogen-bond donors (Lipinski definition) is 2. The van der Waals surface area contributed by atoms with Gasteiger partial charge in [-0.3, -0.25) is 0 Å². The van der Waals surface area contributed by atoms with E-state index in [2.05, 4.69) is 14.8 Å². The number of rotatable bonds is 3. The fraction of sp³-hybridized carbons (Fsp3) is 0.500. The second-order valence-corrected chi connectivity index (χ2v) is 3.41. The average molecular weight is 243 g/mol. The van der Waals surface area contributed by atoms with Gasteiger partial charge in [0.15, 0.2) is 5.57 Å². The first-order valence-corrected chi connectivity index (χ1v) is 4.90. The van der Waals surface area contributed by atoms with Gasteiger partial charge in [-0.2, -0.15) is 0 Å². The van der Waals surface area contributed by atoms with Crippen LogP contribution in [-0.4, -0.2) is 43.3 Å². The molecule has 1 aliphatic rings. The molecule has 17 heavy (non-hydrogen) atoms. The Morgan fingerprint density at radius 2 is 1.94 bits per heavy atom. The summed E-state index contributed by atoms with van der Waals surface area (Å²) in [5.41, 5.74) is -0.279. The molecule has 0 bridgehead atoms. The number of carboxylic acid groups (broad SMARTS) is 1. The molecule has 1 rings (SSSR count). The van der Waals surface area contributed by atoms with Gasteiger partial charge in [0.2, 0.25) is 0 Å². The van der Waals surface area contributed by atoms with E-state index >= 15 is 0 Å². The van der Waals surface area contributed by atoms with Crippen LogP contribution in [0, 0.1) is 0 Å². The van der Waals surface area contributed by atoms with Crippen molar-refractivity contribution in [1.82, 2.24) is 5.32 Å². The molecule has 0 aromatic carbocycles. The Balaban J connectivity index is 2.94. The quantitative estimate of drug-likeness (QED) is 0.296. The Morgan fingerprint density at radius 3 is 2.41 bits per heavy atom. The summed E-state index contributed by atoms with van der Waals surface area (Å²) >= 11 is 0. The summed E-state index contributed by atoms with van der Waals surface area (Å²) in [5, 5.41) is 11.6. The lowest BCUT2D eigenvalue weighted by atomic mass is 10.1. The average Bonchev–Trinajstić information content (AvgIpc) is 2.76. The van der Waals surface area contributed by atoms with Gasteiger partial charge in [0.1, 0.15) is 6.04 Å². The highest BCUT2D eigenvalue weighted by Crippen LogP contribution is 2.20. The van der Waals surface area contributed by atoms with Gasteiger partial charge in [-0.15, -0.1) is 0 Å². The molecule has 0 saturated carbocycles. The Kier molecular flexibility index (Phi) is 4.08. The van der Waals surface area contributed by atoms with Crippen LogP contribution in [0.1, 0.15) is 12.8 Å². The molecule has 1 heterocycles. The van der Waals surface area contributed by atoms with Crippen molar-refractivity contribution in [2.75, 3.05) is 14.2 Å². The normalized spacial score (nSPS) is 21.4. The number of esters is 2.